The molecule has 0 saturated heterocycles. The Bertz CT molecular complexity index is 903. The summed E-state index contributed by atoms with van der Waals surface area (Å²) < 4.78 is 54.4. The third kappa shape index (κ3) is 4.05. The molecular weight excluding hydrogens is 354 g/mol. The van der Waals surface area contributed by atoms with Gasteiger partial charge in [-0.2, -0.15) is 18.2 Å². The number of hydrogen-bond acceptors (Lipinski definition) is 5. The number of rotatable bonds is 5. The van der Waals surface area contributed by atoms with Crippen molar-refractivity contribution in [2.75, 3.05) is 11.9 Å². The van der Waals surface area contributed by atoms with Crippen molar-refractivity contribution in [3.8, 4) is 11.4 Å². The lowest BCUT2D eigenvalue weighted by atomic mass is 10.1. The maximum Gasteiger partial charge on any atom is 0.471 e. The first-order valence-electron chi connectivity index (χ1n) is 7.37. The highest BCUT2D eigenvalue weighted by atomic mass is 19.4. The molecule has 0 aliphatic heterocycles. The van der Waals surface area contributed by atoms with Gasteiger partial charge in [-0.15, -0.1) is 0 Å². The molecular formula is C17H11F4N3O2. The van der Waals surface area contributed by atoms with E-state index in [0.29, 0.717) is 11.3 Å². The van der Waals surface area contributed by atoms with Crippen LogP contribution in [0.2, 0.25) is 0 Å². The Labute approximate surface area is 144 Å². The molecule has 0 atom stereocenters. The fraction of sp³-hybridized carbons (Fsp3) is 0.118. The number of benzene rings is 2. The van der Waals surface area contributed by atoms with E-state index in [0.717, 1.165) is 0 Å². The minimum atomic E-state index is -4.72. The van der Waals surface area contributed by atoms with Crippen LogP contribution in [-0.2, 0) is 6.18 Å². The fourth-order valence-electron chi connectivity index (χ4n) is 2.11. The first-order valence-corrected chi connectivity index (χ1v) is 7.37. The maximum absolute atomic E-state index is 12.8. The van der Waals surface area contributed by atoms with E-state index in [9.17, 15) is 22.4 Å². The van der Waals surface area contributed by atoms with Crippen molar-refractivity contribution in [3.05, 3.63) is 65.8 Å². The fourth-order valence-corrected chi connectivity index (χ4v) is 2.11. The number of carbonyl (C=O) groups is 1. The second-order valence-electron chi connectivity index (χ2n) is 5.28. The third-order valence-corrected chi connectivity index (χ3v) is 3.43. The third-order valence-electron chi connectivity index (χ3n) is 3.43. The number of halogens is 4. The van der Waals surface area contributed by atoms with E-state index in [4.69, 9.17) is 0 Å². The Kier molecular flexibility index (Phi) is 4.70. The summed E-state index contributed by atoms with van der Waals surface area (Å²) >= 11 is 0. The number of anilines is 1. The quantitative estimate of drug-likeness (QED) is 0.542. The molecule has 9 heteroatoms. The Balaban J connectivity index is 1.66. The lowest BCUT2D eigenvalue weighted by Gasteiger charge is -2.06. The second-order valence-corrected chi connectivity index (χ2v) is 5.28. The van der Waals surface area contributed by atoms with Crippen LogP contribution in [-0.4, -0.2) is 22.5 Å². The molecule has 3 rings (SSSR count). The van der Waals surface area contributed by atoms with Crippen LogP contribution in [0, 0.1) is 5.82 Å². The van der Waals surface area contributed by atoms with Gasteiger partial charge in [0, 0.05) is 16.8 Å². The Morgan fingerprint density at radius 1 is 1.04 bits per heavy atom. The van der Waals surface area contributed by atoms with Gasteiger partial charge in [-0.1, -0.05) is 29.4 Å². The van der Waals surface area contributed by atoms with Crippen LogP contribution in [0.3, 0.4) is 0 Å². The topological polar surface area (TPSA) is 68.0 Å². The van der Waals surface area contributed by atoms with E-state index in [1.165, 1.54) is 48.5 Å². The summed E-state index contributed by atoms with van der Waals surface area (Å²) in [7, 11) is 0. The van der Waals surface area contributed by atoms with Crippen LogP contribution in [0.15, 0.2) is 53.1 Å². The van der Waals surface area contributed by atoms with Gasteiger partial charge in [-0.05, 0) is 24.3 Å². The molecule has 0 spiro atoms. The number of aromatic nitrogens is 2. The van der Waals surface area contributed by atoms with Gasteiger partial charge in [0.1, 0.15) is 5.82 Å². The predicted molar refractivity (Wildman–Crippen MR) is 84.0 cm³/mol. The molecule has 0 amide bonds. The number of nitrogens with zero attached hydrogens (tertiary/aromatic N) is 2. The molecule has 1 aromatic heterocycles. The van der Waals surface area contributed by atoms with Crippen molar-refractivity contribution in [2.45, 2.75) is 6.18 Å². The van der Waals surface area contributed by atoms with E-state index in [1.807, 2.05) is 0 Å². The van der Waals surface area contributed by atoms with Crippen LogP contribution in [0.5, 0.6) is 0 Å². The minimum Gasteiger partial charge on any atom is -0.378 e. The number of Topliss-reactive ketones (excluding diaryl/α,β-unsaturated/α-hetero) is 1. The van der Waals surface area contributed by atoms with Gasteiger partial charge in [0.25, 0.3) is 0 Å². The van der Waals surface area contributed by atoms with Crippen molar-refractivity contribution in [3.63, 3.8) is 0 Å². The number of hydrogen-bond donors (Lipinski definition) is 1. The summed E-state index contributed by atoms with van der Waals surface area (Å²) in [6, 6.07) is 11.3. The first-order chi connectivity index (χ1) is 12.3. The molecule has 134 valence electrons. The summed E-state index contributed by atoms with van der Waals surface area (Å²) in [5, 5.41) is 6.13. The molecule has 0 fully saturated rings. The molecule has 0 aliphatic carbocycles. The van der Waals surface area contributed by atoms with Crippen LogP contribution < -0.4 is 5.32 Å². The second kappa shape index (κ2) is 6.95. The molecule has 0 unspecified atom stereocenters. The highest BCUT2D eigenvalue weighted by Gasteiger charge is 2.38. The number of carbonyl (C=O) groups excluding carboxylic acids is 1. The van der Waals surface area contributed by atoms with E-state index in [2.05, 4.69) is 20.0 Å². The molecule has 5 nitrogen and oxygen atoms in total. The van der Waals surface area contributed by atoms with Crippen LogP contribution >= 0.6 is 0 Å². The lowest BCUT2D eigenvalue weighted by molar-refractivity contribution is -0.159. The van der Waals surface area contributed by atoms with Crippen molar-refractivity contribution in [1.29, 1.82) is 0 Å². The summed E-state index contributed by atoms with van der Waals surface area (Å²) in [6.07, 6.45) is -4.72. The van der Waals surface area contributed by atoms with Gasteiger partial charge in [-0.3, -0.25) is 4.79 Å². The highest BCUT2D eigenvalue weighted by molar-refractivity contribution is 5.99. The SMILES string of the molecule is O=C(CNc1ccc(F)cc1)c1ccc(-c2noc(C(F)(F)F)n2)cc1. The highest BCUT2D eigenvalue weighted by Crippen LogP contribution is 2.29. The average molecular weight is 365 g/mol. The van der Waals surface area contributed by atoms with Gasteiger partial charge < -0.3 is 9.84 Å². The lowest BCUT2D eigenvalue weighted by Crippen LogP contribution is -2.13. The summed E-state index contributed by atoms with van der Waals surface area (Å²) in [4.78, 5) is 15.4. The zero-order chi connectivity index (χ0) is 18.7. The smallest absolute Gasteiger partial charge is 0.378 e. The van der Waals surface area contributed by atoms with Crippen molar-refractivity contribution in [1.82, 2.24) is 10.1 Å². The Morgan fingerprint density at radius 3 is 2.27 bits per heavy atom. The summed E-state index contributed by atoms with van der Waals surface area (Å²) in [5.41, 5.74) is 1.22. The number of ketones is 1. The van der Waals surface area contributed by atoms with Crippen LogP contribution in [0.4, 0.5) is 23.2 Å². The summed E-state index contributed by atoms with van der Waals surface area (Å²) in [5.74, 6) is -2.28. The molecule has 1 N–H and O–H groups in total. The standard InChI is InChI=1S/C17H11F4N3O2/c18-12-5-7-13(8-6-12)22-9-14(25)10-1-3-11(4-2-10)15-23-16(26-24-15)17(19,20)21/h1-8,22H,9H2. The molecule has 0 bridgehead atoms. The maximum atomic E-state index is 12.8. The van der Waals surface area contributed by atoms with Crippen molar-refractivity contribution < 1.29 is 26.9 Å². The van der Waals surface area contributed by atoms with Crippen molar-refractivity contribution >= 4 is 11.5 Å². The largest absolute Gasteiger partial charge is 0.471 e. The molecule has 0 radical (unpaired) electrons. The van der Waals surface area contributed by atoms with Gasteiger partial charge >= 0.3 is 12.1 Å². The predicted octanol–water partition coefficient (Wildman–Crippen LogP) is 4.19. The normalized spacial score (nSPS) is 11.4. The van der Waals surface area contributed by atoms with Crippen molar-refractivity contribution in [2.24, 2.45) is 0 Å². The molecule has 0 aliphatic rings. The molecule has 1 heterocycles. The molecule has 2 aromatic carbocycles. The summed E-state index contributed by atoms with van der Waals surface area (Å²) in [6.45, 7) is -0.0224. The monoisotopic (exact) mass is 365 g/mol. The van der Waals surface area contributed by atoms with E-state index < -0.39 is 12.1 Å². The molecule has 0 saturated carbocycles. The van der Waals surface area contributed by atoms with Gasteiger partial charge in [0.15, 0.2) is 5.78 Å². The number of nitrogens with one attached hydrogen (secondary N) is 1. The van der Waals surface area contributed by atoms with Crippen LogP contribution in [0.25, 0.3) is 11.4 Å². The number of alkyl halides is 3. The first kappa shape index (κ1) is 17.6. The zero-order valence-electron chi connectivity index (χ0n) is 13.0. The van der Waals surface area contributed by atoms with Gasteiger partial charge in [0.2, 0.25) is 5.82 Å². The van der Waals surface area contributed by atoms with Gasteiger partial charge in [0.05, 0.1) is 6.54 Å². The van der Waals surface area contributed by atoms with E-state index in [-0.39, 0.29) is 29.5 Å². The zero-order valence-corrected chi connectivity index (χ0v) is 13.0. The molecule has 26 heavy (non-hydrogen) atoms. The average Bonchev–Trinajstić information content (AvgIpc) is 3.12. The van der Waals surface area contributed by atoms with E-state index in [1.54, 1.807) is 0 Å². The van der Waals surface area contributed by atoms with Crippen LogP contribution in [0.1, 0.15) is 16.2 Å². The Morgan fingerprint density at radius 2 is 1.69 bits per heavy atom. The van der Waals surface area contributed by atoms with E-state index >= 15 is 0 Å². The van der Waals surface area contributed by atoms with Gasteiger partial charge in [-0.25, -0.2) is 4.39 Å². The Hall–Kier alpha value is -3.23. The minimum absolute atomic E-state index is 0.0224. The molecule has 3 aromatic rings.